The summed E-state index contributed by atoms with van der Waals surface area (Å²) in [4.78, 5) is 41.3. The van der Waals surface area contributed by atoms with Crippen LogP contribution in [0.3, 0.4) is 0 Å². The average molecular weight is 323 g/mol. The highest BCUT2D eigenvalue weighted by Crippen LogP contribution is 2.24. The van der Waals surface area contributed by atoms with Crippen LogP contribution < -0.4 is 0 Å². The molecule has 0 aromatic heterocycles. The van der Waals surface area contributed by atoms with Crippen molar-refractivity contribution < 1.29 is 19.1 Å². The second kappa shape index (κ2) is 6.22. The zero-order chi connectivity index (χ0) is 17.4. The van der Waals surface area contributed by atoms with Gasteiger partial charge < -0.3 is 19.4 Å². The molecule has 0 spiro atoms. The van der Waals surface area contributed by atoms with Crippen LogP contribution in [0.2, 0.25) is 0 Å². The zero-order valence-corrected chi connectivity index (χ0v) is 14.5. The lowest BCUT2D eigenvalue weighted by Crippen LogP contribution is -2.64. The number of rotatable bonds is 2. The number of Topliss-reactive ketones (excluding diaryl/α,β-unsaturated/α-hetero) is 1. The molecule has 2 rings (SSSR count). The van der Waals surface area contributed by atoms with Crippen LogP contribution in [-0.2, 0) is 14.3 Å². The second-order valence-electron chi connectivity index (χ2n) is 7.22. The summed E-state index contributed by atoms with van der Waals surface area (Å²) < 4.78 is 5.31. The first-order chi connectivity index (χ1) is 10.6. The van der Waals surface area contributed by atoms with E-state index >= 15 is 0 Å². The van der Waals surface area contributed by atoms with E-state index in [-0.39, 0.29) is 29.4 Å². The molecule has 0 unspecified atom stereocenters. The predicted molar refractivity (Wildman–Crippen MR) is 84.7 cm³/mol. The molecular weight excluding hydrogens is 298 g/mol. The molecule has 2 aliphatic rings. The first kappa shape index (κ1) is 17.3. The Morgan fingerprint density at radius 3 is 2.39 bits per heavy atom. The summed E-state index contributed by atoms with van der Waals surface area (Å²) in [6.45, 7) is 6.77. The number of likely N-dealkylation sites (tertiary alicyclic amines) is 2. The molecule has 0 aliphatic carbocycles. The minimum absolute atomic E-state index is 0.0475. The minimum Gasteiger partial charge on any atom is -0.444 e. The fraction of sp³-hybridized carbons (Fsp3) is 0.688. The number of piperidine rings is 1. The van der Waals surface area contributed by atoms with Crippen LogP contribution in [0.25, 0.3) is 0 Å². The molecule has 0 aromatic carbocycles. The topological polar surface area (TPSA) is 70.2 Å². The van der Waals surface area contributed by atoms with Crippen molar-refractivity contribution >= 4 is 17.8 Å². The first-order valence-corrected chi connectivity index (χ1v) is 7.79. The summed E-state index contributed by atoms with van der Waals surface area (Å²) >= 11 is 0. The molecule has 0 radical (unpaired) electrons. The fourth-order valence-corrected chi connectivity index (χ4v) is 2.59. The standard InChI is InChI=1S/C16H25N3O4/c1-16(2,3)23-15(22)18-8-11(9-18)19-7-6-13(20)12(14(19)21)10-17(4)5/h10-11H,6-9H2,1-5H3/b12-10+. The van der Waals surface area contributed by atoms with Gasteiger partial charge in [-0.3, -0.25) is 9.59 Å². The van der Waals surface area contributed by atoms with Crippen molar-refractivity contribution in [1.29, 1.82) is 0 Å². The van der Waals surface area contributed by atoms with Crippen LogP contribution in [-0.4, -0.2) is 77.9 Å². The van der Waals surface area contributed by atoms with Crippen molar-refractivity contribution in [1.82, 2.24) is 14.7 Å². The number of ether oxygens (including phenoxy) is 1. The molecule has 2 saturated heterocycles. The van der Waals surface area contributed by atoms with Gasteiger partial charge in [-0.25, -0.2) is 4.79 Å². The van der Waals surface area contributed by atoms with E-state index in [0.717, 1.165) is 0 Å². The lowest BCUT2D eigenvalue weighted by atomic mass is 9.98. The molecule has 0 saturated carbocycles. The van der Waals surface area contributed by atoms with Gasteiger partial charge >= 0.3 is 6.09 Å². The minimum atomic E-state index is -0.531. The Morgan fingerprint density at radius 2 is 1.87 bits per heavy atom. The molecule has 0 N–H and O–H groups in total. The maximum Gasteiger partial charge on any atom is 0.410 e. The molecule has 0 aromatic rings. The van der Waals surface area contributed by atoms with Crippen LogP contribution in [0, 0.1) is 0 Å². The van der Waals surface area contributed by atoms with Crippen molar-refractivity contribution in [2.24, 2.45) is 0 Å². The van der Waals surface area contributed by atoms with Gasteiger partial charge in [-0.1, -0.05) is 0 Å². The number of hydrogen-bond acceptors (Lipinski definition) is 5. The lowest BCUT2D eigenvalue weighted by Gasteiger charge is -2.46. The summed E-state index contributed by atoms with van der Waals surface area (Å²) in [6.07, 6.45) is 1.54. The molecule has 128 valence electrons. The number of nitrogens with zero attached hydrogens (tertiary/aromatic N) is 3. The number of carbonyl (C=O) groups is 3. The number of ketones is 1. The quantitative estimate of drug-likeness (QED) is 0.557. The molecule has 2 amide bonds. The van der Waals surface area contributed by atoms with Gasteiger partial charge in [-0.15, -0.1) is 0 Å². The molecule has 7 nitrogen and oxygen atoms in total. The van der Waals surface area contributed by atoms with Crippen LogP contribution in [0.15, 0.2) is 11.8 Å². The van der Waals surface area contributed by atoms with E-state index in [9.17, 15) is 14.4 Å². The molecule has 0 bridgehead atoms. The summed E-state index contributed by atoms with van der Waals surface area (Å²) in [5.74, 6) is -0.368. The van der Waals surface area contributed by atoms with Crippen LogP contribution in [0.4, 0.5) is 4.79 Å². The van der Waals surface area contributed by atoms with Gasteiger partial charge in [0.25, 0.3) is 5.91 Å². The molecule has 2 heterocycles. The van der Waals surface area contributed by atoms with E-state index in [1.165, 1.54) is 0 Å². The number of carbonyl (C=O) groups excluding carboxylic acids is 3. The Bertz CT molecular complexity index is 542. The smallest absolute Gasteiger partial charge is 0.410 e. The predicted octanol–water partition coefficient (Wildman–Crippen LogP) is 0.853. The van der Waals surface area contributed by atoms with Crippen molar-refractivity contribution in [3.05, 3.63) is 11.8 Å². The monoisotopic (exact) mass is 323 g/mol. The summed E-state index contributed by atoms with van der Waals surface area (Å²) in [5.41, 5.74) is -0.311. The molecule has 2 fully saturated rings. The highest BCUT2D eigenvalue weighted by Gasteiger charge is 2.42. The van der Waals surface area contributed by atoms with E-state index in [1.54, 1.807) is 35.0 Å². The Morgan fingerprint density at radius 1 is 1.26 bits per heavy atom. The summed E-state index contributed by atoms with van der Waals surface area (Å²) in [6, 6.07) is -0.0475. The van der Waals surface area contributed by atoms with E-state index in [1.807, 2.05) is 20.8 Å². The van der Waals surface area contributed by atoms with Gasteiger partial charge in [-0.2, -0.15) is 0 Å². The zero-order valence-electron chi connectivity index (χ0n) is 14.5. The maximum atomic E-state index is 12.5. The Hall–Kier alpha value is -2.05. The van der Waals surface area contributed by atoms with Crippen molar-refractivity contribution in [3.8, 4) is 0 Å². The molecule has 0 atom stereocenters. The van der Waals surface area contributed by atoms with Crippen molar-refractivity contribution in [3.63, 3.8) is 0 Å². The van der Waals surface area contributed by atoms with Gasteiger partial charge in [0.05, 0.1) is 11.6 Å². The third-order valence-electron chi connectivity index (χ3n) is 3.71. The third kappa shape index (κ3) is 4.03. The number of hydrogen-bond donors (Lipinski definition) is 0. The van der Waals surface area contributed by atoms with E-state index in [0.29, 0.717) is 26.1 Å². The van der Waals surface area contributed by atoms with E-state index in [2.05, 4.69) is 0 Å². The van der Waals surface area contributed by atoms with E-state index in [4.69, 9.17) is 4.74 Å². The largest absolute Gasteiger partial charge is 0.444 e. The average Bonchev–Trinajstić information content (AvgIpc) is 2.32. The SMILES string of the molecule is CN(C)/C=C1\C(=O)CCN(C2CN(C(=O)OC(C)(C)C)C2)C1=O. The molecular formula is C16H25N3O4. The number of amides is 2. The summed E-state index contributed by atoms with van der Waals surface area (Å²) in [5, 5.41) is 0. The van der Waals surface area contributed by atoms with Gasteiger partial charge in [-0.05, 0) is 20.8 Å². The second-order valence-corrected chi connectivity index (χ2v) is 7.22. The lowest BCUT2D eigenvalue weighted by molar-refractivity contribution is -0.138. The normalized spacial score (nSPS) is 21.5. The van der Waals surface area contributed by atoms with Crippen molar-refractivity contribution in [2.45, 2.75) is 38.8 Å². The van der Waals surface area contributed by atoms with Gasteiger partial charge in [0, 0.05) is 46.4 Å². The van der Waals surface area contributed by atoms with Crippen LogP contribution in [0.1, 0.15) is 27.2 Å². The van der Waals surface area contributed by atoms with Crippen molar-refractivity contribution in [2.75, 3.05) is 33.7 Å². The van der Waals surface area contributed by atoms with E-state index < -0.39 is 5.60 Å². The van der Waals surface area contributed by atoms with Crippen LogP contribution >= 0.6 is 0 Å². The Labute approximate surface area is 136 Å². The van der Waals surface area contributed by atoms with Gasteiger partial charge in [0.1, 0.15) is 5.60 Å². The Balaban J connectivity index is 1.96. The highest BCUT2D eigenvalue weighted by molar-refractivity contribution is 6.20. The molecule has 2 aliphatic heterocycles. The van der Waals surface area contributed by atoms with Gasteiger partial charge in [0.15, 0.2) is 5.78 Å². The first-order valence-electron chi connectivity index (χ1n) is 7.79. The third-order valence-corrected chi connectivity index (χ3v) is 3.71. The molecule has 23 heavy (non-hydrogen) atoms. The van der Waals surface area contributed by atoms with Crippen LogP contribution in [0.5, 0.6) is 0 Å². The van der Waals surface area contributed by atoms with Gasteiger partial charge in [0.2, 0.25) is 0 Å². The maximum absolute atomic E-state index is 12.5. The Kier molecular flexibility index (Phi) is 4.68. The summed E-state index contributed by atoms with van der Waals surface area (Å²) in [7, 11) is 3.56. The fourth-order valence-electron chi connectivity index (χ4n) is 2.59. The molecule has 7 heteroatoms. The highest BCUT2D eigenvalue weighted by atomic mass is 16.6.